The fraction of sp³-hybridized carbons (Fsp3) is 0.733. The van der Waals surface area contributed by atoms with Crippen LogP contribution in [0.4, 0.5) is 5.82 Å². The molecule has 5 heteroatoms. The molecule has 1 aromatic rings. The van der Waals surface area contributed by atoms with Gasteiger partial charge < -0.3 is 11.1 Å². The smallest absolute Gasteiger partial charge is 0.256 e. The first-order chi connectivity index (χ1) is 9.61. The summed E-state index contributed by atoms with van der Waals surface area (Å²) < 4.78 is 1.99. The lowest BCUT2D eigenvalue weighted by Crippen LogP contribution is -2.52. The van der Waals surface area contributed by atoms with Crippen LogP contribution in [-0.4, -0.2) is 22.7 Å². The summed E-state index contributed by atoms with van der Waals surface area (Å²) in [5.74, 6) is 2.93. The highest BCUT2D eigenvalue weighted by atomic mass is 16.1. The van der Waals surface area contributed by atoms with E-state index in [1.165, 1.54) is 38.5 Å². The molecular formula is C15H22N4O. The first kappa shape index (κ1) is 12.2. The highest BCUT2D eigenvalue weighted by molar-refractivity contribution is 5.98. The van der Waals surface area contributed by atoms with Crippen LogP contribution in [0.5, 0.6) is 0 Å². The van der Waals surface area contributed by atoms with Crippen molar-refractivity contribution in [3.8, 4) is 0 Å². The molecule has 5 rings (SSSR count). The topological polar surface area (TPSA) is 72.9 Å². The summed E-state index contributed by atoms with van der Waals surface area (Å²) in [6, 6.07) is 0. The summed E-state index contributed by atoms with van der Waals surface area (Å²) in [7, 11) is 1.63. The number of carbonyl (C=O) groups is 1. The van der Waals surface area contributed by atoms with E-state index in [1.807, 2.05) is 4.68 Å². The number of nitrogens with zero attached hydrogens (tertiary/aromatic N) is 2. The summed E-state index contributed by atoms with van der Waals surface area (Å²) in [4.78, 5) is 11.8. The third-order valence-electron chi connectivity index (χ3n) is 5.73. The maximum atomic E-state index is 11.8. The molecule has 4 bridgehead atoms. The third kappa shape index (κ3) is 1.55. The Morgan fingerprint density at radius 3 is 2.35 bits per heavy atom. The minimum absolute atomic E-state index is 0.0884. The third-order valence-corrected chi connectivity index (χ3v) is 5.73. The Hall–Kier alpha value is -1.52. The largest absolute Gasteiger partial charge is 0.383 e. The van der Waals surface area contributed by atoms with Crippen molar-refractivity contribution in [3.63, 3.8) is 0 Å². The molecule has 1 heterocycles. The molecule has 0 spiro atoms. The van der Waals surface area contributed by atoms with E-state index < -0.39 is 0 Å². The van der Waals surface area contributed by atoms with Crippen LogP contribution < -0.4 is 11.1 Å². The van der Waals surface area contributed by atoms with Gasteiger partial charge in [-0.05, 0) is 56.3 Å². The molecule has 0 aliphatic heterocycles. The minimum atomic E-state index is -0.140. The van der Waals surface area contributed by atoms with E-state index in [9.17, 15) is 4.79 Å². The maximum Gasteiger partial charge on any atom is 0.256 e. The van der Waals surface area contributed by atoms with Gasteiger partial charge in [-0.2, -0.15) is 5.10 Å². The average Bonchev–Trinajstić information content (AvgIpc) is 2.79. The molecule has 20 heavy (non-hydrogen) atoms. The summed E-state index contributed by atoms with van der Waals surface area (Å²) in [5.41, 5.74) is 6.85. The average molecular weight is 274 g/mol. The Morgan fingerprint density at radius 1 is 1.30 bits per heavy atom. The first-order valence-electron chi connectivity index (χ1n) is 7.67. The summed E-state index contributed by atoms with van der Waals surface area (Å²) >= 11 is 0. The van der Waals surface area contributed by atoms with Crippen LogP contribution in [0.25, 0.3) is 0 Å². The van der Waals surface area contributed by atoms with Gasteiger partial charge in [0.2, 0.25) is 0 Å². The second-order valence-corrected chi connectivity index (χ2v) is 7.08. The molecule has 0 atom stereocenters. The number of nitrogens with one attached hydrogen (secondary N) is 1. The van der Waals surface area contributed by atoms with E-state index >= 15 is 0 Å². The van der Waals surface area contributed by atoms with Gasteiger partial charge in [0.05, 0.1) is 11.7 Å². The zero-order valence-electron chi connectivity index (χ0n) is 11.9. The van der Waals surface area contributed by atoms with Gasteiger partial charge in [-0.3, -0.25) is 4.79 Å². The van der Waals surface area contributed by atoms with Gasteiger partial charge in [0.1, 0.15) is 11.4 Å². The molecule has 4 aliphatic carbocycles. The second-order valence-electron chi connectivity index (χ2n) is 7.08. The van der Waals surface area contributed by atoms with Gasteiger partial charge in [0.15, 0.2) is 0 Å². The monoisotopic (exact) mass is 274 g/mol. The van der Waals surface area contributed by atoms with Gasteiger partial charge in [0, 0.05) is 7.05 Å². The standard InChI is InChI=1S/C15H22N4O/c1-17-14(20)12-8-18-19(13(12)16)15-5-9-2-10(6-15)4-11(3-9)7-15/h8-11H,2-7,16H2,1H3,(H,17,20). The fourth-order valence-electron chi connectivity index (χ4n) is 5.37. The number of carbonyl (C=O) groups excluding carboxylic acids is 1. The zero-order chi connectivity index (χ0) is 13.9. The van der Waals surface area contributed by atoms with Gasteiger partial charge in [-0.15, -0.1) is 0 Å². The summed E-state index contributed by atoms with van der Waals surface area (Å²) in [6.07, 6.45) is 9.38. The normalized spacial score (nSPS) is 38.1. The number of anilines is 1. The Kier molecular flexibility index (Phi) is 2.44. The summed E-state index contributed by atoms with van der Waals surface area (Å²) in [6.45, 7) is 0. The van der Waals surface area contributed by atoms with Crippen LogP contribution in [-0.2, 0) is 5.54 Å². The minimum Gasteiger partial charge on any atom is -0.383 e. The molecule has 0 aromatic carbocycles. The molecule has 3 N–H and O–H groups in total. The molecule has 1 aromatic heterocycles. The predicted octanol–water partition coefficient (Wildman–Crippen LogP) is 1.75. The van der Waals surface area contributed by atoms with E-state index in [2.05, 4.69) is 10.4 Å². The predicted molar refractivity (Wildman–Crippen MR) is 76.2 cm³/mol. The first-order valence-corrected chi connectivity index (χ1v) is 7.67. The lowest BCUT2D eigenvalue weighted by Gasteiger charge is -2.56. The van der Waals surface area contributed by atoms with Crippen molar-refractivity contribution < 1.29 is 4.79 Å². The highest BCUT2D eigenvalue weighted by Gasteiger charge is 2.53. The number of aromatic nitrogens is 2. The lowest BCUT2D eigenvalue weighted by atomic mass is 9.53. The van der Waals surface area contributed by atoms with Crippen molar-refractivity contribution in [3.05, 3.63) is 11.8 Å². The molecule has 4 aliphatic rings. The van der Waals surface area contributed by atoms with E-state index in [0.717, 1.165) is 17.8 Å². The number of amides is 1. The highest BCUT2D eigenvalue weighted by Crippen LogP contribution is 2.59. The van der Waals surface area contributed by atoms with Crippen LogP contribution in [0.2, 0.25) is 0 Å². The molecule has 5 nitrogen and oxygen atoms in total. The van der Waals surface area contributed by atoms with E-state index in [1.54, 1.807) is 13.2 Å². The van der Waals surface area contributed by atoms with Crippen LogP contribution in [0, 0.1) is 17.8 Å². The number of nitrogens with two attached hydrogens (primary N) is 1. The molecule has 0 unspecified atom stereocenters. The molecule has 108 valence electrons. The molecule has 0 saturated heterocycles. The van der Waals surface area contributed by atoms with Crippen LogP contribution >= 0.6 is 0 Å². The van der Waals surface area contributed by atoms with E-state index in [-0.39, 0.29) is 11.4 Å². The number of nitrogen functional groups attached to an aromatic ring is 1. The fourth-order valence-corrected chi connectivity index (χ4v) is 5.37. The molecule has 1 amide bonds. The van der Waals surface area contributed by atoms with Crippen molar-refractivity contribution in [1.82, 2.24) is 15.1 Å². The number of hydrogen-bond acceptors (Lipinski definition) is 3. The number of rotatable bonds is 2. The van der Waals surface area contributed by atoms with Crippen molar-refractivity contribution in [2.75, 3.05) is 12.8 Å². The summed E-state index contributed by atoms with van der Waals surface area (Å²) in [5, 5.41) is 7.14. The SMILES string of the molecule is CNC(=O)c1cnn(C23CC4CC(CC(C4)C2)C3)c1N. The molecule has 4 saturated carbocycles. The molecular weight excluding hydrogens is 252 g/mol. The van der Waals surface area contributed by atoms with Gasteiger partial charge >= 0.3 is 0 Å². The Morgan fingerprint density at radius 2 is 1.85 bits per heavy atom. The number of hydrogen-bond donors (Lipinski definition) is 2. The van der Waals surface area contributed by atoms with Gasteiger partial charge in [-0.1, -0.05) is 0 Å². The van der Waals surface area contributed by atoms with Crippen LogP contribution in [0.1, 0.15) is 48.9 Å². The van der Waals surface area contributed by atoms with Crippen molar-refractivity contribution >= 4 is 11.7 Å². The zero-order valence-corrected chi connectivity index (χ0v) is 11.9. The Balaban J connectivity index is 1.74. The molecule has 0 radical (unpaired) electrons. The Labute approximate surface area is 118 Å². The Bertz CT molecular complexity index is 527. The van der Waals surface area contributed by atoms with Gasteiger partial charge in [-0.25, -0.2) is 4.68 Å². The van der Waals surface area contributed by atoms with Crippen molar-refractivity contribution in [2.24, 2.45) is 17.8 Å². The molecule has 4 fully saturated rings. The van der Waals surface area contributed by atoms with Crippen LogP contribution in [0.3, 0.4) is 0 Å². The maximum absolute atomic E-state index is 11.8. The van der Waals surface area contributed by atoms with E-state index in [4.69, 9.17) is 5.73 Å². The lowest BCUT2D eigenvalue weighted by molar-refractivity contribution is -0.0481. The van der Waals surface area contributed by atoms with Crippen molar-refractivity contribution in [2.45, 2.75) is 44.1 Å². The quantitative estimate of drug-likeness (QED) is 0.863. The van der Waals surface area contributed by atoms with E-state index in [0.29, 0.717) is 11.4 Å². The van der Waals surface area contributed by atoms with Crippen LogP contribution in [0.15, 0.2) is 6.20 Å². The second kappa shape index (κ2) is 3.99. The van der Waals surface area contributed by atoms with Gasteiger partial charge in [0.25, 0.3) is 5.91 Å². The van der Waals surface area contributed by atoms with Crippen molar-refractivity contribution in [1.29, 1.82) is 0 Å².